The predicted molar refractivity (Wildman–Crippen MR) is 294 cm³/mol. The highest BCUT2D eigenvalue weighted by Crippen LogP contribution is 2.50. The van der Waals surface area contributed by atoms with E-state index in [-0.39, 0.29) is 0 Å². The molecular weight excluding hydrogens is 833 g/mol. The molecule has 320 valence electrons. The first-order valence-electron chi connectivity index (χ1n) is 23.8. The van der Waals surface area contributed by atoms with Crippen LogP contribution in [0.25, 0.3) is 143 Å². The molecule has 0 spiro atoms. The average molecular weight is 875 g/mol. The summed E-state index contributed by atoms with van der Waals surface area (Å²) in [4.78, 5) is 0. The van der Waals surface area contributed by atoms with Crippen LogP contribution in [-0.2, 0) is 0 Å². The van der Waals surface area contributed by atoms with Gasteiger partial charge in [0.05, 0.1) is 0 Å². The monoisotopic (exact) mass is 874 g/mol. The van der Waals surface area contributed by atoms with Crippen LogP contribution < -0.4 is 0 Å². The van der Waals surface area contributed by atoms with Gasteiger partial charge in [-0.3, -0.25) is 0 Å². The first-order valence-corrected chi connectivity index (χ1v) is 23.8. The van der Waals surface area contributed by atoms with Gasteiger partial charge in [0.1, 0.15) is 11.2 Å². The van der Waals surface area contributed by atoms with Gasteiger partial charge in [0.25, 0.3) is 0 Å². The van der Waals surface area contributed by atoms with Crippen LogP contribution in [0.4, 0.5) is 0 Å². The lowest BCUT2D eigenvalue weighted by atomic mass is 9.83. The SMILES string of the molecule is c1ccc(-c2ccc(-c3c4ccccc4c(-c4cccc5c4oc4ccc(-c6c7ccccc7c(-c7ccc(-c8ccccc8)c8ccccc78)c7ccccc67)cc45)c4ccccc34)cc2)cc1. The molecule has 14 rings (SSSR count). The van der Waals surface area contributed by atoms with Crippen molar-refractivity contribution in [2.24, 2.45) is 0 Å². The molecular formula is C68H42O. The van der Waals surface area contributed by atoms with Crippen molar-refractivity contribution in [3.8, 4) is 66.8 Å². The Morgan fingerprint density at radius 1 is 0.188 bits per heavy atom. The van der Waals surface area contributed by atoms with E-state index in [0.29, 0.717) is 0 Å². The third kappa shape index (κ3) is 6.18. The first kappa shape index (κ1) is 39.2. The van der Waals surface area contributed by atoms with E-state index < -0.39 is 0 Å². The second-order valence-electron chi connectivity index (χ2n) is 18.2. The molecule has 0 atom stereocenters. The lowest BCUT2D eigenvalue weighted by Gasteiger charge is -2.19. The summed E-state index contributed by atoms with van der Waals surface area (Å²) < 4.78 is 7.03. The minimum atomic E-state index is 0.875. The summed E-state index contributed by atoms with van der Waals surface area (Å²) in [5.41, 5.74) is 16.3. The van der Waals surface area contributed by atoms with E-state index in [4.69, 9.17) is 4.42 Å². The fourth-order valence-electron chi connectivity index (χ4n) is 11.5. The molecule has 1 nitrogen and oxygen atoms in total. The topological polar surface area (TPSA) is 13.1 Å². The third-order valence-electron chi connectivity index (χ3n) is 14.5. The minimum absolute atomic E-state index is 0.875. The number of hydrogen-bond donors (Lipinski definition) is 0. The normalized spacial score (nSPS) is 11.8. The van der Waals surface area contributed by atoms with E-state index in [2.05, 4.69) is 255 Å². The van der Waals surface area contributed by atoms with Crippen LogP contribution in [0, 0.1) is 0 Å². The van der Waals surface area contributed by atoms with Crippen molar-refractivity contribution in [1.82, 2.24) is 0 Å². The van der Waals surface area contributed by atoms with E-state index in [1.54, 1.807) is 0 Å². The Labute approximate surface area is 399 Å². The quantitative estimate of drug-likeness (QED) is 0.152. The Bertz CT molecular complexity index is 4220. The van der Waals surface area contributed by atoms with Gasteiger partial charge in [0.15, 0.2) is 0 Å². The van der Waals surface area contributed by atoms with Crippen LogP contribution >= 0.6 is 0 Å². The van der Waals surface area contributed by atoms with Crippen LogP contribution in [0.1, 0.15) is 0 Å². The number of rotatable bonds is 6. The summed E-state index contributed by atoms with van der Waals surface area (Å²) in [5.74, 6) is 0. The Morgan fingerprint density at radius 3 is 1.12 bits per heavy atom. The Hall–Kier alpha value is -9.04. The lowest BCUT2D eigenvalue weighted by molar-refractivity contribution is 0.670. The van der Waals surface area contributed by atoms with Crippen molar-refractivity contribution in [3.63, 3.8) is 0 Å². The summed E-state index contributed by atoms with van der Waals surface area (Å²) >= 11 is 0. The van der Waals surface area contributed by atoms with Gasteiger partial charge < -0.3 is 4.42 Å². The maximum absolute atomic E-state index is 7.03. The smallest absolute Gasteiger partial charge is 0.143 e. The van der Waals surface area contributed by atoms with Gasteiger partial charge in [-0.05, 0) is 122 Å². The Kier molecular flexibility index (Phi) is 8.97. The fraction of sp³-hybridized carbons (Fsp3) is 0. The minimum Gasteiger partial charge on any atom is -0.455 e. The zero-order valence-corrected chi connectivity index (χ0v) is 37.7. The summed E-state index contributed by atoms with van der Waals surface area (Å²) in [5, 5.41) is 14.5. The number of furan rings is 1. The van der Waals surface area contributed by atoms with E-state index in [1.165, 1.54) is 109 Å². The van der Waals surface area contributed by atoms with Gasteiger partial charge in [0.2, 0.25) is 0 Å². The van der Waals surface area contributed by atoms with Gasteiger partial charge in [-0.2, -0.15) is 0 Å². The average Bonchev–Trinajstić information content (AvgIpc) is 3.80. The van der Waals surface area contributed by atoms with Crippen molar-refractivity contribution in [3.05, 3.63) is 255 Å². The van der Waals surface area contributed by atoms with Crippen molar-refractivity contribution < 1.29 is 4.42 Å². The Balaban J connectivity index is 0.955. The van der Waals surface area contributed by atoms with Gasteiger partial charge in [-0.1, -0.05) is 243 Å². The van der Waals surface area contributed by atoms with Gasteiger partial charge in [-0.25, -0.2) is 0 Å². The zero-order chi connectivity index (χ0) is 45.4. The molecule has 14 aromatic rings. The first-order chi connectivity index (χ1) is 34.3. The van der Waals surface area contributed by atoms with Crippen molar-refractivity contribution in [2.75, 3.05) is 0 Å². The lowest BCUT2D eigenvalue weighted by Crippen LogP contribution is -1.92. The number of fused-ring (bicyclic) bond motifs is 8. The summed E-state index contributed by atoms with van der Waals surface area (Å²) in [6.45, 7) is 0. The van der Waals surface area contributed by atoms with E-state index >= 15 is 0 Å². The summed E-state index contributed by atoms with van der Waals surface area (Å²) in [7, 11) is 0. The molecule has 1 heterocycles. The van der Waals surface area contributed by atoms with E-state index in [9.17, 15) is 0 Å². The summed E-state index contributed by atoms with van der Waals surface area (Å²) in [6, 6.07) is 93.1. The molecule has 69 heavy (non-hydrogen) atoms. The molecule has 1 heteroatoms. The van der Waals surface area contributed by atoms with E-state index in [1.807, 2.05) is 0 Å². The maximum atomic E-state index is 7.03. The molecule has 0 aliphatic rings. The Morgan fingerprint density at radius 2 is 0.565 bits per heavy atom. The largest absolute Gasteiger partial charge is 0.455 e. The molecule has 0 saturated heterocycles. The van der Waals surface area contributed by atoms with E-state index in [0.717, 1.165) is 33.1 Å². The molecule has 1 aromatic heterocycles. The van der Waals surface area contributed by atoms with Gasteiger partial charge in [-0.15, -0.1) is 0 Å². The second-order valence-corrected chi connectivity index (χ2v) is 18.2. The zero-order valence-electron chi connectivity index (χ0n) is 37.7. The molecule has 0 fully saturated rings. The molecule has 0 amide bonds. The number of hydrogen-bond acceptors (Lipinski definition) is 1. The van der Waals surface area contributed by atoms with Crippen molar-refractivity contribution in [1.29, 1.82) is 0 Å². The molecule has 0 bridgehead atoms. The van der Waals surface area contributed by atoms with Crippen LogP contribution in [0.15, 0.2) is 259 Å². The van der Waals surface area contributed by atoms with Crippen LogP contribution in [-0.4, -0.2) is 0 Å². The fourth-order valence-corrected chi connectivity index (χ4v) is 11.5. The highest BCUT2D eigenvalue weighted by Gasteiger charge is 2.23. The second kappa shape index (κ2) is 15.8. The molecule has 0 unspecified atom stereocenters. The van der Waals surface area contributed by atoms with Crippen molar-refractivity contribution >= 4 is 75.8 Å². The van der Waals surface area contributed by atoms with Gasteiger partial charge in [0, 0.05) is 21.9 Å². The molecule has 0 radical (unpaired) electrons. The third-order valence-corrected chi connectivity index (χ3v) is 14.5. The van der Waals surface area contributed by atoms with Crippen molar-refractivity contribution in [2.45, 2.75) is 0 Å². The standard InChI is InChI=1S/C68H42O/c1-3-18-43(19-4-1)44-34-36-46(37-35-44)64-51-24-9-15-30-57(51)67(58-31-16-10-25-52(58)64)61-33-17-32-60-62-42-47(38-41-63(62)69-68(60)61)65-53-26-11-13-28-55(53)66(56-29-14-12-27-54(56)65)59-40-39-48(45-20-5-2-6-21-45)49-22-7-8-23-50(49)59/h1-42H. The van der Waals surface area contributed by atoms with Crippen LogP contribution in [0.5, 0.6) is 0 Å². The molecule has 0 aliphatic carbocycles. The van der Waals surface area contributed by atoms with Crippen LogP contribution in [0.2, 0.25) is 0 Å². The highest BCUT2D eigenvalue weighted by molar-refractivity contribution is 6.27. The predicted octanol–water partition coefficient (Wildman–Crippen LogP) is 19.4. The number of benzene rings is 13. The molecule has 0 aliphatic heterocycles. The maximum Gasteiger partial charge on any atom is 0.143 e. The molecule has 0 saturated carbocycles. The van der Waals surface area contributed by atoms with Gasteiger partial charge >= 0.3 is 0 Å². The van der Waals surface area contributed by atoms with Crippen LogP contribution in [0.3, 0.4) is 0 Å². The molecule has 0 N–H and O–H groups in total. The molecule has 13 aromatic carbocycles. The number of para-hydroxylation sites is 1. The highest BCUT2D eigenvalue weighted by atomic mass is 16.3. The summed E-state index contributed by atoms with van der Waals surface area (Å²) in [6.07, 6.45) is 0.